The van der Waals surface area contributed by atoms with Crippen molar-refractivity contribution < 1.29 is 4.92 Å². The van der Waals surface area contributed by atoms with Crippen molar-refractivity contribution in [2.45, 2.75) is 31.7 Å². The molecule has 2 fully saturated rings. The van der Waals surface area contributed by atoms with E-state index < -0.39 is 0 Å². The molecule has 0 saturated heterocycles. The molecular weight excluding hydrogens is 218 g/mol. The molecule has 0 amide bonds. The van der Waals surface area contributed by atoms with E-state index in [1.807, 2.05) is 0 Å². The summed E-state index contributed by atoms with van der Waals surface area (Å²) in [6, 6.07) is 2.11. The number of nitro groups is 1. The van der Waals surface area contributed by atoms with Crippen molar-refractivity contribution in [3.63, 3.8) is 0 Å². The van der Waals surface area contributed by atoms with E-state index in [1.54, 1.807) is 12.3 Å². The van der Waals surface area contributed by atoms with Crippen LogP contribution in [0.5, 0.6) is 0 Å². The van der Waals surface area contributed by atoms with Crippen molar-refractivity contribution >= 4 is 11.4 Å². The maximum absolute atomic E-state index is 10.9. The van der Waals surface area contributed by atoms with Crippen LogP contribution in [0.4, 0.5) is 11.4 Å². The third-order valence-electron chi connectivity index (χ3n) is 4.08. The zero-order chi connectivity index (χ0) is 11.8. The van der Waals surface area contributed by atoms with Crippen molar-refractivity contribution in [2.75, 3.05) is 5.32 Å². The fourth-order valence-electron chi connectivity index (χ4n) is 3.27. The Labute approximate surface area is 99.4 Å². The third-order valence-corrected chi connectivity index (χ3v) is 4.08. The lowest BCUT2D eigenvalue weighted by atomic mass is 9.95. The summed E-state index contributed by atoms with van der Waals surface area (Å²) < 4.78 is 0. The number of rotatable bonds is 3. The van der Waals surface area contributed by atoms with Crippen LogP contribution in [0, 0.1) is 22.0 Å². The van der Waals surface area contributed by atoms with Gasteiger partial charge in [-0.05, 0) is 37.2 Å². The fourth-order valence-corrected chi connectivity index (χ4v) is 3.27. The number of fused-ring (bicyclic) bond motifs is 2. The number of aromatic nitrogens is 1. The average molecular weight is 233 g/mol. The van der Waals surface area contributed by atoms with Gasteiger partial charge in [-0.1, -0.05) is 6.42 Å². The smallest absolute Gasteiger partial charge is 0.310 e. The molecule has 0 spiro atoms. The van der Waals surface area contributed by atoms with Gasteiger partial charge in [-0.2, -0.15) is 0 Å². The topological polar surface area (TPSA) is 68.1 Å². The van der Waals surface area contributed by atoms with Crippen molar-refractivity contribution in [1.29, 1.82) is 0 Å². The number of anilines is 1. The van der Waals surface area contributed by atoms with E-state index in [0.717, 1.165) is 12.3 Å². The highest BCUT2D eigenvalue weighted by molar-refractivity contribution is 5.60. The Bertz CT molecular complexity index is 449. The molecule has 2 aliphatic carbocycles. The van der Waals surface area contributed by atoms with Gasteiger partial charge >= 0.3 is 5.69 Å². The second kappa shape index (κ2) is 3.98. The number of nitrogens with one attached hydrogen (secondary N) is 1. The van der Waals surface area contributed by atoms with Crippen LogP contribution in [0.3, 0.4) is 0 Å². The highest BCUT2D eigenvalue weighted by atomic mass is 16.6. The molecule has 0 aliphatic heterocycles. The van der Waals surface area contributed by atoms with E-state index in [4.69, 9.17) is 0 Å². The molecule has 90 valence electrons. The van der Waals surface area contributed by atoms with Crippen LogP contribution in [0.15, 0.2) is 18.5 Å². The Morgan fingerprint density at radius 1 is 1.41 bits per heavy atom. The second-order valence-corrected chi connectivity index (χ2v) is 5.08. The summed E-state index contributed by atoms with van der Waals surface area (Å²) >= 11 is 0. The first-order valence-electron chi connectivity index (χ1n) is 6.09. The minimum atomic E-state index is -0.372. The standard InChI is InChI=1S/C12H15N3O2/c16-15(17)12-7-13-4-3-10(12)14-11-6-8-1-2-9(11)5-8/h3-4,7-9,11H,1-2,5-6H2,(H,13,14). The molecule has 0 radical (unpaired) electrons. The lowest BCUT2D eigenvalue weighted by Gasteiger charge is -2.23. The Kier molecular flexibility index (Phi) is 2.46. The average Bonchev–Trinajstić information content (AvgIpc) is 2.91. The Morgan fingerprint density at radius 3 is 2.94 bits per heavy atom. The van der Waals surface area contributed by atoms with Crippen LogP contribution in [0.1, 0.15) is 25.7 Å². The normalized spacial score (nSPS) is 30.5. The van der Waals surface area contributed by atoms with Crippen LogP contribution < -0.4 is 5.32 Å². The van der Waals surface area contributed by atoms with Crippen molar-refractivity contribution in [2.24, 2.45) is 11.8 Å². The lowest BCUT2D eigenvalue weighted by molar-refractivity contribution is -0.384. The summed E-state index contributed by atoms with van der Waals surface area (Å²) in [4.78, 5) is 14.3. The molecule has 1 N–H and O–H groups in total. The van der Waals surface area contributed by atoms with Gasteiger partial charge < -0.3 is 5.32 Å². The van der Waals surface area contributed by atoms with Gasteiger partial charge in [0.15, 0.2) is 0 Å². The van der Waals surface area contributed by atoms with Gasteiger partial charge in [0.1, 0.15) is 11.9 Å². The highest BCUT2D eigenvalue weighted by Gasteiger charge is 2.39. The fraction of sp³-hybridized carbons (Fsp3) is 0.583. The van der Waals surface area contributed by atoms with Crippen LogP contribution in [0.2, 0.25) is 0 Å². The third kappa shape index (κ3) is 1.85. The molecule has 5 heteroatoms. The van der Waals surface area contributed by atoms with E-state index in [9.17, 15) is 10.1 Å². The zero-order valence-electron chi connectivity index (χ0n) is 9.50. The first-order valence-corrected chi connectivity index (χ1v) is 6.09. The van der Waals surface area contributed by atoms with Crippen molar-refractivity contribution in [1.82, 2.24) is 4.98 Å². The maximum Gasteiger partial charge on any atom is 0.310 e. The predicted octanol–water partition coefficient (Wildman–Crippen LogP) is 2.59. The van der Waals surface area contributed by atoms with Crippen LogP contribution in [-0.2, 0) is 0 Å². The molecule has 1 aromatic heterocycles. The molecule has 3 unspecified atom stereocenters. The molecule has 2 bridgehead atoms. The molecule has 1 heterocycles. The summed E-state index contributed by atoms with van der Waals surface area (Å²) in [6.45, 7) is 0. The van der Waals surface area contributed by atoms with Gasteiger partial charge in [0, 0.05) is 12.2 Å². The Hall–Kier alpha value is -1.65. The van der Waals surface area contributed by atoms with Crippen LogP contribution in [0.25, 0.3) is 0 Å². The summed E-state index contributed by atoms with van der Waals surface area (Å²) in [5, 5.41) is 14.2. The van der Waals surface area contributed by atoms with E-state index in [1.165, 1.54) is 25.5 Å². The molecule has 2 aliphatic rings. The van der Waals surface area contributed by atoms with Crippen LogP contribution in [-0.4, -0.2) is 15.9 Å². The summed E-state index contributed by atoms with van der Waals surface area (Å²) in [7, 11) is 0. The molecule has 1 aromatic rings. The quantitative estimate of drug-likeness (QED) is 0.643. The van der Waals surface area contributed by atoms with Gasteiger partial charge in [0.05, 0.1) is 4.92 Å². The Morgan fingerprint density at radius 2 is 2.29 bits per heavy atom. The monoisotopic (exact) mass is 233 g/mol. The first-order chi connectivity index (χ1) is 8.24. The van der Waals surface area contributed by atoms with E-state index in [2.05, 4.69) is 10.3 Å². The number of hydrogen-bond donors (Lipinski definition) is 1. The van der Waals surface area contributed by atoms with Crippen LogP contribution >= 0.6 is 0 Å². The Balaban J connectivity index is 1.79. The van der Waals surface area contributed by atoms with Gasteiger partial charge in [-0.15, -0.1) is 0 Å². The highest BCUT2D eigenvalue weighted by Crippen LogP contribution is 2.46. The predicted molar refractivity (Wildman–Crippen MR) is 63.8 cm³/mol. The lowest BCUT2D eigenvalue weighted by Crippen LogP contribution is -2.26. The van der Waals surface area contributed by atoms with Gasteiger partial charge in [0.25, 0.3) is 0 Å². The van der Waals surface area contributed by atoms with E-state index >= 15 is 0 Å². The van der Waals surface area contributed by atoms with Gasteiger partial charge in [0.2, 0.25) is 0 Å². The number of nitrogens with zero attached hydrogens (tertiary/aromatic N) is 2. The molecular formula is C12H15N3O2. The first kappa shape index (κ1) is 10.5. The van der Waals surface area contributed by atoms with Crippen molar-refractivity contribution in [3.05, 3.63) is 28.6 Å². The molecule has 5 nitrogen and oxygen atoms in total. The van der Waals surface area contributed by atoms with E-state index in [0.29, 0.717) is 17.6 Å². The second-order valence-electron chi connectivity index (χ2n) is 5.08. The summed E-state index contributed by atoms with van der Waals surface area (Å²) in [5.41, 5.74) is 0.692. The number of hydrogen-bond acceptors (Lipinski definition) is 4. The molecule has 0 aromatic carbocycles. The molecule has 3 rings (SSSR count). The van der Waals surface area contributed by atoms with Gasteiger partial charge in [-0.25, -0.2) is 0 Å². The minimum absolute atomic E-state index is 0.0790. The summed E-state index contributed by atoms with van der Waals surface area (Å²) in [6.07, 6.45) is 7.96. The largest absolute Gasteiger partial charge is 0.376 e. The van der Waals surface area contributed by atoms with Gasteiger partial charge in [-0.3, -0.25) is 15.1 Å². The minimum Gasteiger partial charge on any atom is -0.376 e. The van der Waals surface area contributed by atoms with E-state index in [-0.39, 0.29) is 10.6 Å². The van der Waals surface area contributed by atoms with Crippen molar-refractivity contribution in [3.8, 4) is 0 Å². The molecule has 2 saturated carbocycles. The molecule has 3 atom stereocenters. The SMILES string of the molecule is O=[N+]([O-])c1cnccc1NC1CC2CCC1C2. The maximum atomic E-state index is 10.9. The number of pyridine rings is 1. The molecule has 17 heavy (non-hydrogen) atoms. The zero-order valence-corrected chi connectivity index (χ0v) is 9.50. The summed E-state index contributed by atoms with van der Waals surface area (Å²) in [5.74, 6) is 1.53.